The molecule has 0 unspecified atom stereocenters. The SMILES string of the molecule is CNCc1ccc(N(CC2CC2)C2CC2)c(Cl)c1. The van der Waals surface area contributed by atoms with E-state index in [4.69, 9.17) is 11.6 Å². The van der Waals surface area contributed by atoms with Crippen molar-refractivity contribution in [3.05, 3.63) is 28.8 Å². The normalized spacial score (nSPS) is 19.0. The molecule has 1 N–H and O–H groups in total. The second-order valence-electron chi connectivity index (χ2n) is 5.64. The average molecular weight is 265 g/mol. The highest BCUT2D eigenvalue weighted by molar-refractivity contribution is 6.33. The van der Waals surface area contributed by atoms with E-state index in [0.29, 0.717) is 0 Å². The van der Waals surface area contributed by atoms with E-state index in [-0.39, 0.29) is 0 Å². The smallest absolute Gasteiger partial charge is 0.0642 e. The Morgan fingerprint density at radius 2 is 2.06 bits per heavy atom. The number of hydrogen-bond acceptors (Lipinski definition) is 2. The van der Waals surface area contributed by atoms with Crippen molar-refractivity contribution in [3.8, 4) is 0 Å². The molecule has 98 valence electrons. The minimum absolute atomic E-state index is 0.748. The van der Waals surface area contributed by atoms with Gasteiger partial charge in [0.25, 0.3) is 0 Å². The first-order chi connectivity index (χ1) is 8.78. The van der Waals surface area contributed by atoms with Crippen molar-refractivity contribution in [2.75, 3.05) is 18.5 Å². The highest BCUT2D eigenvalue weighted by Gasteiger charge is 2.34. The first-order valence-corrected chi connectivity index (χ1v) is 7.35. The molecule has 3 heteroatoms. The van der Waals surface area contributed by atoms with Gasteiger partial charge >= 0.3 is 0 Å². The third-order valence-corrected chi connectivity index (χ3v) is 4.14. The molecule has 18 heavy (non-hydrogen) atoms. The van der Waals surface area contributed by atoms with Gasteiger partial charge in [-0.2, -0.15) is 0 Å². The summed E-state index contributed by atoms with van der Waals surface area (Å²) in [5, 5.41) is 4.08. The lowest BCUT2D eigenvalue weighted by Crippen LogP contribution is -2.28. The summed E-state index contributed by atoms with van der Waals surface area (Å²) < 4.78 is 0. The summed E-state index contributed by atoms with van der Waals surface area (Å²) in [5.74, 6) is 0.915. The number of halogens is 1. The van der Waals surface area contributed by atoms with Crippen molar-refractivity contribution in [2.24, 2.45) is 5.92 Å². The van der Waals surface area contributed by atoms with Crippen LogP contribution in [0, 0.1) is 5.92 Å². The Morgan fingerprint density at radius 3 is 2.61 bits per heavy atom. The van der Waals surface area contributed by atoms with Crippen LogP contribution in [0.1, 0.15) is 31.2 Å². The third-order valence-electron chi connectivity index (χ3n) is 3.84. The van der Waals surface area contributed by atoms with Crippen molar-refractivity contribution < 1.29 is 0 Å². The zero-order valence-corrected chi connectivity index (χ0v) is 11.7. The molecule has 0 bridgehead atoms. The standard InChI is InChI=1S/C15H21ClN2/c1-17-9-12-4-7-15(14(16)8-12)18(13-5-6-13)10-11-2-3-11/h4,7-8,11,13,17H,2-3,5-6,9-10H2,1H3. The molecule has 0 amide bonds. The predicted molar refractivity (Wildman–Crippen MR) is 77.3 cm³/mol. The number of hydrogen-bond donors (Lipinski definition) is 1. The van der Waals surface area contributed by atoms with Gasteiger partial charge in [0.1, 0.15) is 0 Å². The summed E-state index contributed by atoms with van der Waals surface area (Å²) in [6.07, 6.45) is 5.47. The number of anilines is 1. The molecule has 1 aromatic rings. The lowest BCUT2D eigenvalue weighted by molar-refractivity contribution is 0.718. The molecule has 0 heterocycles. The largest absolute Gasteiger partial charge is 0.367 e. The van der Waals surface area contributed by atoms with Crippen molar-refractivity contribution in [3.63, 3.8) is 0 Å². The van der Waals surface area contributed by atoms with E-state index in [1.165, 1.54) is 43.5 Å². The lowest BCUT2D eigenvalue weighted by Gasteiger charge is -2.26. The molecule has 2 saturated carbocycles. The van der Waals surface area contributed by atoms with Crippen LogP contribution < -0.4 is 10.2 Å². The molecule has 0 aromatic heterocycles. The van der Waals surface area contributed by atoms with Gasteiger partial charge in [-0.1, -0.05) is 17.7 Å². The maximum Gasteiger partial charge on any atom is 0.0642 e. The third kappa shape index (κ3) is 2.81. The van der Waals surface area contributed by atoms with Crippen LogP contribution in [0.3, 0.4) is 0 Å². The molecule has 1 aromatic carbocycles. The molecular formula is C15H21ClN2. The summed E-state index contributed by atoms with van der Waals surface area (Å²) in [4.78, 5) is 2.54. The number of benzene rings is 1. The second kappa shape index (κ2) is 5.10. The van der Waals surface area contributed by atoms with Gasteiger partial charge in [-0.25, -0.2) is 0 Å². The van der Waals surface area contributed by atoms with Crippen molar-refractivity contribution in [2.45, 2.75) is 38.3 Å². The Labute approximate surface area is 114 Å². The number of nitrogens with zero attached hydrogens (tertiary/aromatic N) is 1. The van der Waals surface area contributed by atoms with E-state index in [1.54, 1.807) is 0 Å². The van der Waals surface area contributed by atoms with E-state index >= 15 is 0 Å². The van der Waals surface area contributed by atoms with Crippen molar-refractivity contribution in [1.82, 2.24) is 5.32 Å². The van der Waals surface area contributed by atoms with Crippen molar-refractivity contribution >= 4 is 17.3 Å². The van der Waals surface area contributed by atoms with Gasteiger partial charge < -0.3 is 10.2 Å². The zero-order chi connectivity index (χ0) is 12.5. The first-order valence-electron chi connectivity index (χ1n) is 6.97. The average Bonchev–Trinajstić information content (AvgIpc) is 3.21. The fraction of sp³-hybridized carbons (Fsp3) is 0.600. The van der Waals surface area contributed by atoms with Gasteiger partial charge in [-0.05, 0) is 56.3 Å². The molecule has 2 fully saturated rings. The maximum absolute atomic E-state index is 6.47. The van der Waals surface area contributed by atoms with Crippen LogP contribution in [0.4, 0.5) is 5.69 Å². The Balaban J connectivity index is 1.79. The summed E-state index contributed by atoms with van der Waals surface area (Å²) in [6, 6.07) is 7.25. The van der Waals surface area contributed by atoms with Gasteiger partial charge in [0.15, 0.2) is 0 Å². The van der Waals surface area contributed by atoms with E-state index < -0.39 is 0 Å². The number of rotatable bonds is 6. The molecule has 2 nitrogen and oxygen atoms in total. The van der Waals surface area contributed by atoms with E-state index in [1.807, 2.05) is 7.05 Å². The van der Waals surface area contributed by atoms with E-state index in [9.17, 15) is 0 Å². The summed E-state index contributed by atoms with van der Waals surface area (Å²) >= 11 is 6.47. The molecule has 0 atom stereocenters. The molecule has 2 aliphatic rings. The molecule has 0 aliphatic heterocycles. The van der Waals surface area contributed by atoms with Gasteiger partial charge in [0, 0.05) is 19.1 Å². The molecule has 3 rings (SSSR count). The zero-order valence-electron chi connectivity index (χ0n) is 11.0. The maximum atomic E-state index is 6.47. The van der Waals surface area contributed by atoms with Gasteiger partial charge in [-0.3, -0.25) is 0 Å². The topological polar surface area (TPSA) is 15.3 Å². The van der Waals surface area contributed by atoms with Gasteiger partial charge in [0.2, 0.25) is 0 Å². The minimum Gasteiger partial charge on any atom is -0.367 e. The summed E-state index contributed by atoms with van der Waals surface area (Å²) in [5.41, 5.74) is 2.50. The van der Waals surface area contributed by atoms with E-state index in [0.717, 1.165) is 23.5 Å². The lowest BCUT2D eigenvalue weighted by atomic mass is 10.1. The molecule has 0 radical (unpaired) electrons. The Kier molecular flexibility index (Phi) is 3.49. The van der Waals surface area contributed by atoms with Crippen LogP contribution in [0.25, 0.3) is 0 Å². The quantitative estimate of drug-likeness (QED) is 0.847. The summed E-state index contributed by atoms with van der Waals surface area (Å²) in [6.45, 7) is 2.09. The molecule has 0 spiro atoms. The monoisotopic (exact) mass is 264 g/mol. The first kappa shape index (κ1) is 12.3. The molecular weight excluding hydrogens is 244 g/mol. The van der Waals surface area contributed by atoms with Crippen LogP contribution in [-0.4, -0.2) is 19.6 Å². The van der Waals surface area contributed by atoms with Gasteiger partial charge in [0.05, 0.1) is 10.7 Å². The van der Waals surface area contributed by atoms with Crippen LogP contribution in [0.15, 0.2) is 18.2 Å². The Bertz CT molecular complexity index is 425. The summed E-state index contributed by atoms with van der Waals surface area (Å²) in [7, 11) is 1.96. The molecule has 2 aliphatic carbocycles. The molecule has 0 saturated heterocycles. The highest BCUT2D eigenvalue weighted by Crippen LogP contribution is 2.40. The Morgan fingerprint density at radius 1 is 1.28 bits per heavy atom. The van der Waals surface area contributed by atoms with Crippen molar-refractivity contribution in [1.29, 1.82) is 0 Å². The van der Waals surface area contributed by atoms with Gasteiger partial charge in [-0.15, -0.1) is 0 Å². The van der Waals surface area contributed by atoms with Crippen LogP contribution in [0.5, 0.6) is 0 Å². The van der Waals surface area contributed by atoms with Crippen LogP contribution >= 0.6 is 11.6 Å². The number of nitrogens with one attached hydrogen (secondary N) is 1. The highest BCUT2D eigenvalue weighted by atomic mass is 35.5. The second-order valence-corrected chi connectivity index (χ2v) is 6.05. The van der Waals surface area contributed by atoms with Crippen LogP contribution in [-0.2, 0) is 6.54 Å². The van der Waals surface area contributed by atoms with E-state index in [2.05, 4.69) is 28.4 Å². The fourth-order valence-electron chi connectivity index (χ4n) is 2.51. The predicted octanol–water partition coefficient (Wildman–Crippen LogP) is 3.44. The fourth-order valence-corrected chi connectivity index (χ4v) is 2.82. The van der Waals surface area contributed by atoms with Crippen LogP contribution in [0.2, 0.25) is 5.02 Å². The minimum atomic E-state index is 0.748. The Hall–Kier alpha value is -0.730.